The number of ether oxygens (including phenoxy) is 1. The first-order chi connectivity index (χ1) is 13.8. The van der Waals surface area contributed by atoms with Crippen LogP contribution in [-0.2, 0) is 0 Å². The third-order valence-corrected chi connectivity index (χ3v) is 5.25. The summed E-state index contributed by atoms with van der Waals surface area (Å²) in [6.07, 6.45) is 1.35. The number of aromatic nitrogens is 1. The quantitative estimate of drug-likeness (QED) is 0.835. The van der Waals surface area contributed by atoms with Gasteiger partial charge >= 0.3 is 0 Å². The second kappa shape index (κ2) is 8.88. The van der Waals surface area contributed by atoms with Crippen molar-refractivity contribution in [3.8, 4) is 17.0 Å². The summed E-state index contributed by atoms with van der Waals surface area (Å²) >= 11 is 0. The lowest BCUT2D eigenvalue weighted by atomic mass is 9.99. The molecule has 0 saturated heterocycles. The predicted octanol–water partition coefficient (Wildman–Crippen LogP) is 2.67. The van der Waals surface area contributed by atoms with E-state index in [0.29, 0.717) is 24.2 Å². The van der Waals surface area contributed by atoms with Gasteiger partial charge in [0.1, 0.15) is 17.5 Å². The summed E-state index contributed by atoms with van der Waals surface area (Å²) in [6.45, 7) is 4.79. The van der Waals surface area contributed by atoms with Crippen molar-refractivity contribution >= 4 is 5.91 Å². The minimum Gasteiger partial charge on any atom is -0.472 e. The van der Waals surface area contributed by atoms with Gasteiger partial charge in [-0.3, -0.25) is 4.79 Å². The van der Waals surface area contributed by atoms with Crippen molar-refractivity contribution in [3.63, 3.8) is 0 Å². The van der Waals surface area contributed by atoms with Crippen LogP contribution in [0.15, 0.2) is 36.5 Å². The number of carbonyl (C=O) groups is 1. The first-order valence-electron chi connectivity index (χ1n) is 9.80. The number of nitrogens with zero attached hydrogens (tertiary/aromatic N) is 3. The number of hydrogen-bond acceptors (Lipinski definition) is 5. The number of aliphatic hydroxyl groups excluding tert-OH is 1. The number of rotatable bonds is 5. The lowest BCUT2D eigenvalue weighted by Crippen LogP contribution is -2.49. The molecule has 1 aromatic heterocycles. The van der Waals surface area contributed by atoms with Crippen LogP contribution in [0, 0.1) is 11.7 Å². The Morgan fingerprint density at radius 1 is 1.34 bits per heavy atom. The third kappa shape index (κ3) is 4.57. The molecule has 2 heterocycles. The van der Waals surface area contributed by atoms with Gasteiger partial charge < -0.3 is 19.6 Å². The number of benzene rings is 1. The number of amides is 1. The van der Waals surface area contributed by atoms with E-state index in [1.165, 1.54) is 12.3 Å². The summed E-state index contributed by atoms with van der Waals surface area (Å²) in [5, 5.41) is 9.68. The summed E-state index contributed by atoms with van der Waals surface area (Å²) in [7, 11) is 3.92. The Bertz CT molecular complexity index is 874. The van der Waals surface area contributed by atoms with Gasteiger partial charge in [0.05, 0.1) is 12.6 Å². The monoisotopic (exact) mass is 401 g/mol. The Kier molecular flexibility index (Phi) is 6.49. The van der Waals surface area contributed by atoms with Crippen LogP contribution in [-0.4, -0.2) is 71.7 Å². The molecule has 1 amide bonds. The highest BCUT2D eigenvalue weighted by Crippen LogP contribution is 2.31. The number of halogens is 1. The number of pyridine rings is 1. The molecule has 1 N–H and O–H groups in total. The van der Waals surface area contributed by atoms with Gasteiger partial charge in [-0.2, -0.15) is 0 Å². The second-order valence-corrected chi connectivity index (χ2v) is 7.94. The van der Waals surface area contributed by atoms with Crippen LogP contribution in [0.4, 0.5) is 4.39 Å². The van der Waals surface area contributed by atoms with Crippen LogP contribution >= 0.6 is 0 Å². The maximum atomic E-state index is 14.3. The highest BCUT2D eigenvalue weighted by atomic mass is 19.1. The summed E-state index contributed by atoms with van der Waals surface area (Å²) in [5.41, 5.74) is 1.16. The molecular formula is C22H28FN3O3. The summed E-state index contributed by atoms with van der Waals surface area (Å²) in [6, 6.07) is 7.65. The zero-order valence-corrected chi connectivity index (χ0v) is 17.3. The Morgan fingerprint density at radius 2 is 2.07 bits per heavy atom. The first-order valence-corrected chi connectivity index (χ1v) is 9.80. The highest BCUT2D eigenvalue weighted by Gasteiger charge is 2.34. The SMILES string of the molecule is C[C@H]1CN([C@@H](C)CO)C(=O)c2cc(-c3ccccc3F)cnc2O[C@H]1CN(C)C. The van der Waals surface area contributed by atoms with Gasteiger partial charge in [0.15, 0.2) is 0 Å². The maximum absolute atomic E-state index is 14.3. The molecule has 156 valence electrons. The number of carbonyl (C=O) groups excluding carboxylic acids is 1. The highest BCUT2D eigenvalue weighted by molar-refractivity contribution is 5.98. The maximum Gasteiger partial charge on any atom is 0.259 e. The average molecular weight is 401 g/mol. The van der Waals surface area contributed by atoms with E-state index in [2.05, 4.69) is 4.98 Å². The zero-order chi connectivity index (χ0) is 21.1. The van der Waals surface area contributed by atoms with Crippen molar-refractivity contribution in [2.45, 2.75) is 26.0 Å². The second-order valence-electron chi connectivity index (χ2n) is 7.94. The molecule has 0 saturated carbocycles. The number of fused-ring (bicyclic) bond motifs is 1. The van der Waals surface area contributed by atoms with Crippen LogP contribution in [0.25, 0.3) is 11.1 Å². The van der Waals surface area contributed by atoms with Crippen molar-refractivity contribution in [2.75, 3.05) is 33.8 Å². The summed E-state index contributed by atoms with van der Waals surface area (Å²) in [4.78, 5) is 21.4. The predicted molar refractivity (Wildman–Crippen MR) is 109 cm³/mol. The Hall–Kier alpha value is -2.51. The smallest absolute Gasteiger partial charge is 0.259 e. The van der Waals surface area contributed by atoms with Crippen molar-refractivity contribution in [3.05, 3.63) is 47.9 Å². The van der Waals surface area contributed by atoms with Gasteiger partial charge in [0.25, 0.3) is 5.91 Å². The minimum absolute atomic E-state index is 0.0385. The minimum atomic E-state index is -0.381. The van der Waals surface area contributed by atoms with Gasteiger partial charge in [-0.25, -0.2) is 9.37 Å². The van der Waals surface area contributed by atoms with Gasteiger partial charge in [-0.1, -0.05) is 25.1 Å². The van der Waals surface area contributed by atoms with E-state index in [1.807, 2.05) is 32.8 Å². The van der Waals surface area contributed by atoms with Crippen molar-refractivity contribution in [2.24, 2.45) is 5.92 Å². The molecule has 0 bridgehead atoms. The molecule has 0 unspecified atom stereocenters. The molecule has 3 rings (SSSR count). The van der Waals surface area contributed by atoms with Gasteiger partial charge in [0, 0.05) is 36.3 Å². The van der Waals surface area contributed by atoms with Crippen molar-refractivity contribution in [1.82, 2.24) is 14.8 Å². The standard InChI is InChI=1S/C22H28FN3O3/c1-14-11-26(15(2)13-27)22(28)18-9-16(17-7-5-6-8-19(17)23)10-24-21(18)29-20(14)12-25(3)4/h5-10,14-15,20,27H,11-13H2,1-4H3/t14-,15-,20-/m0/s1. The van der Waals surface area contributed by atoms with Gasteiger partial charge in [0.2, 0.25) is 5.88 Å². The van der Waals surface area contributed by atoms with E-state index >= 15 is 0 Å². The van der Waals surface area contributed by atoms with E-state index in [9.17, 15) is 14.3 Å². The first kappa shape index (κ1) is 21.2. The number of hydrogen-bond donors (Lipinski definition) is 1. The Balaban J connectivity index is 2.09. The van der Waals surface area contributed by atoms with E-state index in [0.717, 1.165) is 0 Å². The fraction of sp³-hybridized carbons (Fsp3) is 0.455. The lowest BCUT2D eigenvalue weighted by molar-refractivity contribution is 0.0348. The lowest BCUT2D eigenvalue weighted by Gasteiger charge is -2.37. The Morgan fingerprint density at radius 3 is 2.72 bits per heavy atom. The fourth-order valence-corrected chi connectivity index (χ4v) is 3.52. The van der Waals surface area contributed by atoms with Crippen LogP contribution in [0.3, 0.4) is 0 Å². The van der Waals surface area contributed by atoms with Crippen molar-refractivity contribution in [1.29, 1.82) is 0 Å². The zero-order valence-electron chi connectivity index (χ0n) is 17.3. The van der Waals surface area contributed by atoms with Crippen LogP contribution in [0.1, 0.15) is 24.2 Å². The van der Waals surface area contributed by atoms with Gasteiger partial charge in [-0.05, 0) is 33.2 Å². The molecular weight excluding hydrogens is 373 g/mol. The average Bonchev–Trinajstić information content (AvgIpc) is 2.70. The molecule has 0 radical (unpaired) electrons. The van der Waals surface area contributed by atoms with Crippen LogP contribution in [0.2, 0.25) is 0 Å². The van der Waals surface area contributed by atoms with E-state index in [4.69, 9.17) is 4.74 Å². The largest absolute Gasteiger partial charge is 0.472 e. The molecule has 1 aliphatic rings. The van der Waals surface area contributed by atoms with Crippen molar-refractivity contribution < 1.29 is 19.0 Å². The van der Waals surface area contributed by atoms with E-state index < -0.39 is 0 Å². The van der Waals surface area contributed by atoms with E-state index in [1.54, 1.807) is 29.2 Å². The molecule has 1 aliphatic heterocycles. The summed E-state index contributed by atoms with van der Waals surface area (Å²) in [5.74, 6) is -0.379. The summed E-state index contributed by atoms with van der Waals surface area (Å²) < 4.78 is 20.4. The molecule has 1 aromatic carbocycles. The van der Waals surface area contributed by atoms with Crippen LogP contribution < -0.4 is 4.74 Å². The molecule has 0 spiro atoms. The molecule has 2 aromatic rings. The van der Waals surface area contributed by atoms with Gasteiger partial charge in [-0.15, -0.1) is 0 Å². The molecule has 0 aliphatic carbocycles. The van der Waals surface area contributed by atoms with E-state index in [-0.39, 0.29) is 47.8 Å². The fourth-order valence-electron chi connectivity index (χ4n) is 3.52. The molecule has 7 heteroatoms. The molecule has 29 heavy (non-hydrogen) atoms. The Labute approximate surface area is 170 Å². The molecule has 6 nitrogen and oxygen atoms in total. The molecule has 3 atom stereocenters. The normalized spacial score (nSPS) is 20.7. The van der Waals surface area contributed by atoms with Crippen LogP contribution in [0.5, 0.6) is 5.88 Å². The number of aliphatic hydroxyl groups is 1. The molecule has 0 fully saturated rings. The number of likely N-dealkylation sites (N-methyl/N-ethyl adjacent to an activating group) is 1. The third-order valence-electron chi connectivity index (χ3n) is 5.25. The topological polar surface area (TPSA) is 65.9 Å².